The molecule has 174 valence electrons. The topological polar surface area (TPSA) is 115 Å². The van der Waals surface area contributed by atoms with Gasteiger partial charge in [-0.1, -0.05) is 18.2 Å². The van der Waals surface area contributed by atoms with E-state index < -0.39 is 23.4 Å². The summed E-state index contributed by atoms with van der Waals surface area (Å²) in [5.41, 5.74) is 5.20. The molecule has 0 radical (unpaired) electrons. The van der Waals surface area contributed by atoms with Crippen LogP contribution in [0, 0.1) is 0 Å². The number of primary amides is 1. The second-order valence-corrected chi connectivity index (χ2v) is 9.49. The fourth-order valence-corrected chi connectivity index (χ4v) is 3.91. The first-order valence-electron chi connectivity index (χ1n) is 10.3. The molecule has 1 atom stereocenters. The number of nitrogens with two attached hydrogens (primary N) is 1. The lowest BCUT2D eigenvalue weighted by molar-refractivity contribution is -0.127. The van der Waals surface area contributed by atoms with Crippen molar-refractivity contribution in [2.24, 2.45) is 5.73 Å². The van der Waals surface area contributed by atoms with E-state index in [0.717, 1.165) is 4.88 Å². The number of hydrogen-bond acceptors (Lipinski definition) is 6. The van der Waals surface area contributed by atoms with Crippen LogP contribution in [0.1, 0.15) is 47.8 Å². The van der Waals surface area contributed by atoms with Crippen molar-refractivity contribution in [2.45, 2.75) is 38.9 Å². The first-order chi connectivity index (χ1) is 15.6. The number of carbonyl (C=O) groups is 3. The average Bonchev–Trinajstić information content (AvgIpc) is 3.45. The highest BCUT2D eigenvalue weighted by Gasteiger charge is 2.35. The van der Waals surface area contributed by atoms with Gasteiger partial charge in [0.15, 0.2) is 12.4 Å². The van der Waals surface area contributed by atoms with Crippen LogP contribution in [0.2, 0.25) is 0 Å². The zero-order valence-electron chi connectivity index (χ0n) is 18.7. The van der Waals surface area contributed by atoms with E-state index in [2.05, 4.69) is 5.32 Å². The van der Waals surface area contributed by atoms with Gasteiger partial charge in [0, 0.05) is 10.4 Å². The van der Waals surface area contributed by atoms with Crippen LogP contribution in [0.15, 0.2) is 64.6 Å². The van der Waals surface area contributed by atoms with Gasteiger partial charge in [0.05, 0.1) is 12.8 Å². The van der Waals surface area contributed by atoms with E-state index in [-0.39, 0.29) is 24.8 Å². The molecule has 1 aromatic carbocycles. The molecule has 3 rings (SSSR count). The number of ether oxygens (including phenoxy) is 1. The van der Waals surface area contributed by atoms with E-state index in [1.165, 1.54) is 22.5 Å². The Kier molecular flexibility index (Phi) is 7.55. The van der Waals surface area contributed by atoms with E-state index in [1.807, 2.05) is 38.3 Å². The Labute approximate surface area is 196 Å². The molecule has 0 unspecified atom stereocenters. The van der Waals surface area contributed by atoms with Crippen LogP contribution in [0.5, 0.6) is 5.75 Å². The van der Waals surface area contributed by atoms with Crippen molar-refractivity contribution >= 4 is 29.1 Å². The molecule has 3 amide bonds. The van der Waals surface area contributed by atoms with Gasteiger partial charge in [0.2, 0.25) is 5.91 Å². The summed E-state index contributed by atoms with van der Waals surface area (Å²) in [6.07, 6.45) is 1.42. The van der Waals surface area contributed by atoms with Crippen LogP contribution >= 0.6 is 11.3 Å². The highest BCUT2D eigenvalue weighted by Crippen LogP contribution is 2.29. The van der Waals surface area contributed by atoms with Gasteiger partial charge in [-0.25, -0.2) is 0 Å². The van der Waals surface area contributed by atoms with Crippen molar-refractivity contribution in [2.75, 3.05) is 6.61 Å². The molecule has 0 saturated carbocycles. The molecule has 0 spiro atoms. The fraction of sp³-hybridized carbons (Fsp3) is 0.292. The third-order valence-electron chi connectivity index (χ3n) is 4.53. The normalized spacial score (nSPS) is 12.1. The second kappa shape index (κ2) is 10.4. The summed E-state index contributed by atoms with van der Waals surface area (Å²) < 4.78 is 10.7. The maximum absolute atomic E-state index is 13.5. The lowest BCUT2D eigenvalue weighted by Crippen LogP contribution is -2.49. The zero-order valence-corrected chi connectivity index (χ0v) is 19.6. The quantitative estimate of drug-likeness (QED) is 0.498. The summed E-state index contributed by atoms with van der Waals surface area (Å²) in [5.74, 6) is -0.759. The smallest absolute Gasteiger partial charge is 0.290 e. The van der Waals surface area contributed by atoms with Crippen LogP contribution in [-0.2, 0) is 16.1 Å². The molecule has 0 aliphatic carbocycles. The van der Waals surface area contributed by atoms with Crippen molar-refractivity contribution in [3.05, 3.63) is 76.4 Å². The molecule has 0 saturated heterocycles. The van der Waals surface area contributed by atoms with E-state index in [9.17, 15) is 14.4 Å². The van der Waals surface area contributed by atoms with E-state index in [1.54, 1.807) is 36.4 Å². The fourth-order valence-electron chi connectivity index (χ4n) is 3.20. The van der Waals surface area contributed by atoms with E-state index in [0.29, 0.717) is 11.3 Å². The zero-order chi connectivity index (χ0) is 24.0. The maximum atomic E-state index is 13.5. The largest absolute Gasteiger partial charge is 0.484 e. The van der Waals surface area contributed by atoms with E-state index >= 15 is 0 Å². The molecule has 0 fully saturated rings. The van der Waals surface area contributed by atoms with Gasteiger partial charge in [-0.3, -0.25) is 14.4 Å². The number of amides is 3. The van der Waals surface area contributed by atoms with Crippen molar-refractivity contribution in [3.8, 4) is 5.75 Å². The second-order valence-electron chi connectivity index (χ2n) is 8.46. The molecule has 0 aliphatic rings. The molecule has 2 heterocycles. The molecular formula is C24H27N3O5S. The molecule has 3 aromatic rings. The molecule has 8 nitrogen and oxygen atoms in total. The Morgan fingerprint density at radius 1 is 1.12 bits per heavy atom. The predicted molar refractivity (Wildman–Crippen MR) is 125 cm³/mol. The number of hydrogen-bond donors (Lipinski definition) is 2. The van der Waals surface area contributed by atoms with Gasteiger partial charge in [0.1, 0.15) is 11.8 Å². The SMILES string of the molecule is CC(C)(C)NC(=O)[C@H](c1ccc(OCC(N)=O)cc1)N(Cc1cccs1)C(=O)c1ccco1. The van der Waals surface area contributed by atoms with Gasteiger partial charge >= 0.3 is 0 Å². The molecule has 0 bridgehead atoms. The van der Waals surface area contributed by atoms with Crippen molar-refractivity contribution in [1.82, 2.24) is 10.2 Å². The number of nitrogens with zero attached hydrogens (tertiary/aromatic N) is 1. The van der Waals surface area contributed by atoms with Crippen LogP contribution in [0.4, 0.5) is 0 Å². The number of furan rings is 1. The minimum absolute atomic E-state index is 0.140. The Balaban J connectivity index is 2.01. The number of rotatable bonds is 9. The molecule has 0 aliphatic heterocycles. The number of thiophene rings is 1. The van der Waals surface area contributed by atoms with Gasteiger partial charge in [-0.2, -0.15) is 0 Å². The standard InChI is InChI=1S/C24H27N3O5S/c1-24(2,3)26-22(29)21(16-8-10-17(11-9-16)32-15-20(25)28)27(14-18-6-5-13-33-18)23(30)19-7-4-12-31-19/h4-13,21H,14-15H2,1-3H3,(H2,25,28)(H,26,29)/t21-/m0/s1. The first kappa shape index (κ1) is 24.1. The van der Waals surface area contributed by atoms with Gasteiger partial charge < -0.3 is 25.1 Å². The van der Waals surface area contributed by atoms with E-state index in [4.69, 9.17) is 14.9 Å². The monoisotopic (exact) mass is 469 g/mol. The van der Waals surface area contributed by atoms with Crippen LogP contribution in [0.25, 0.3) is 0 Å². The van der Waals surface area contributed by atoms with Gasteiger partial charge in [-0.05, 0) is 62.0 Å². The molecule has 33 heavy (non-hydrogen) atoms. The predicted octanol–water partition coefficient (Wildman–Crippen LogP) is 3.50. The highest BCUT2D eigenvalue weighted by molar-refractivity contribution is 7.09. The van der Waals surface area contributed by atoms with Crippen molar-refractivity contribution < 1.29 is 23.5 Å². The number of benzene rings is 1. The minimum atomic E-state index is -0.936. The Hall–Kier alpha value is -3.59. The highest BCUT2D eigenvalue weighted by atomic mass is 32.1. The minimum Gasteiger partial charge on any atom is -0.484 e. The summed E-state index contributed by atoms with van der Waals surface area (Å²) in [7, 11) is 0. The third-order valence-corrected chi connectivity index (χ3v) is 5.40. The lowest BCUT2D eigenvalue weighted by Gasteiger charge is -2.33. The summed E-state index contributed by atoms with van der Waals surface area (Å²) in [5, 5.41) is 4.90. The van der Waals surface area contributed by atoms with Crippen molar-refractivity contribution in [1.29, 1.82) is 0 Å². The van der Waals surface area contributed by atoms with Crippen LogP contribution < -0.4 is 15.8 Å². The Morgan fingerprint density at radius 2 is 1.85 bits per heavy atom. The summed E-state index contributed by atoms with van der Waals surface area (Å²) in [6, 6.07) is 12.7. The Morgan fingerprint density at radius 3 is 2.39 bits per heavy atom. The molecule has 3 N–H and O–H groups in total. The van der Waals surface area contributed by atoms with Crippen LogP contribution in [0.3, 0.4) is 0 Å². The van der Waals surface area contributed by atoms with Gasteiger partial charge in [0.25, 0.3) is 11.8 Å². The number of carbonyl (C=O) groups excluding carboxylic acids is 3. The molecule has 9 heteroatoms. The van der Waals surface area contributed by atoms with Crippen molar-refractivity contribution in [3.63, 3.8) is 0 Å². The molecule has 2 aromatic heterocycles. The average molecular weight is 470 g/mol. The third kappa shape index (κ3) is 6.69. The lowest BCUT2D eigenvalue weighted by atomic mass is 10.0. The van der Waals surface area contributed by atoms with Crippen LogP contribution in [-0.4, -0.2) is 34.8 Å². The summed E-state index contributed by atoms with van der Waals surface area (Å²) >= 11 is 1.50. The Bertz CT molecular complexity index is 1070. The summed E-state index contributed by atoms with van der Waals surface area (Å²) in [6.45, 7) is 5.59. The first-order valence-corrected chi connectivity index (χ1v) is 11.2. The maximum Gasteiger partial charge on any atom is 0.290 e. The number of nitrogens with one attached hydrogen (secondary N) is 1. The van der Waals surface area contributed by atoms with Gasteiger partial charge in [-0.15, -0.1) is 11.3 Å². The summed E-state index contributed by atoms with van der Waals surface area (Å²) in [4.78, 5) is 40.3. The molecular weight excluding hydrogens is 442 g/mol.